The van der Waals surface area contributed by atoms with Gasteiger partial charge in [-0.25, -0.2) is 28.8 Å². The number of allylic oxidation sites excluding steroid dienone is 3. The molecule has 418 valence electrons. The molecule has 18 heteroatoms. The van der Waals surface area contributed by atoms with Gasteiger partial charge in [-0.3, -0.25) is 9.59 Å². The fourth-order valence-corrected chi connectivity index (χ4v) is 7.62. The third-order valence-electron chi connectivity index (χ3n) is 12.9. The predicted octanol–water partition coefficient (Wildman–Crippen LogP) is 10.6. The van der Waals surface area contributed by atoms with Crippen molar-refractivity contribution in [3.8, 4) is 28.7 Å². The number of ether oxygens (including phenoxy) is 10. The van der Waals surface area contributed by atoms with E-state index in [1.807, 2.05) is 27.7 Å². The van der Waals surface area contributed by atoms with Gasteiger partial charge < -0.3 is 47.4 Å². The minimum Gasteiger partial charge on any atom is -0.498 e. The van der Waals surface area contributed by atoms with Crippen LogP contribution < -0.4 is 23.7 Å². The summed E-state index contributed by atoms with van der Waals surface area (Å²) in [5.41, 5.74) is 0.344. The van der Waals surface area contributed by atoms with Crippen LogP contribution in [0.3, 0.4) is 0 Å². The Morgan fingerprint density at radius 2 is 0.962 bits per heavy atom. The average Bonchev–Trinajstić information content (AvgIpc) is 3.46. The molecule has 0 amide bonds. The molecule has 18 nitrogen and oxygen atoms in total. The van der Waals surface area contributed by atoms with Crippen molar-refractivity contribution in [2.45, 2.75) is 105 Å². The molecule has 0 saturated heterocycles. The first kappa shape index (κ1) is 60.8. The molecule has 0 bridgehead atoms. The highest BCUT2D eigenvalue weighted by Crippen LogP contribution is 2.35. The summed E-state index contributed by atoms with van der Waals surface area (Å²) in [6.45, 7) is 15.9. The molecule has 3 aromatic carbocycles. The molecule has 78 heavy (non-hydrogen) atoms. The lowest BCUT2D eigenvalue weighted by Gasteiger charge is -2.26. The highest BCUT2D eigenvalue weighted by Gasteiger charge is 2.34. The molecular formula is C60H70O18. The van der Waals surface area contributed by atoms with Gasteiger partial charge in [-0.1, -0.05) is 53.7 Å². The minimum atomic E-state index is -0.785. The van der Waals surface area contributed by atoms with Crippen LogP contribution in [0.4, 0.5) is 0 Å². The molecule has 2 aliphatic rings. The molecule has 3 aromatic rings. The number of unbranched alkanes of at least 4 members (excludes halogenated alkanes) is 2. The van der Waals surface area contributed by atoms with Crippen molar-refractivity contribution in [1.29, 1.82) is 0 Å². The van der Waals surface area contributed by atoms with Crippen LogP contribution in [-0.2, 0) is 47.7 Å². The van der Waals surface area contributed by atoms with Crippen LogP contribution in [0.5, 0.6) is 28.7 Å². The molecular weight excluding hydrogens is 1010 g/mol. The summed E-state index contributed by atoms with van der Waals surface area (Å²) in [6.07, 6.45) is 11.3. The van der Waals surface area contributed by atoms with E-state index in [4.69, 9.17) is 47.4 Å². The van der Waals surface area contributed by atoms with Gasteiger partial charge in [0.25, 0.3) is 0 Å². The van der Waals surface area contributed by atoms with Gasteiger partial charge in [0.2, 0.25) is 0 Å². The first-order valence-electron chi connectivity index (χ1n) is 26.4. The summed E-state index contributed by atoms with van der Waals surface area (Å²) in [5.74, 6) is -5.28. The number of benzene rings is 3. The lowest BCUT2D eigenvalue weighted by molar-refractivity contribution is -0.145. The van der Waals surface area contributed by atoms with E-state index in [9.17, 15) is 38.4 Å². The number of hydrogen-bond acceptors (Lipinski definition) is 18. The van der Waals surface area contributed by atoms with Crippen molar-refractivity contribution in [3.63, 3.8) is 0 Å². The van der Waals surface area contributed by atoms with Crippen molar-refractivity contribution < 1.29 is 85.7 Å². The fourth-order valence-electron chi connectivity index (χ4n) is 7.62. The van der Waals surface area contributed by atoms with Crippen LogP contribution in [0.15, 0.2) is 109 Å². The second-order valence-corrected chi connectivity index (χ2v) is 18.9. The predicted molar refractivity (Wildman–Crippen MR) is 284 cm³/mol. The topological polar surface area (TPSA) is 229 Å². The Balaban J connectivity index is 1.18. The molecule has 5 rings (SSSR count). The Morgan fingerprint density at radius 3 is 1.41 bits per heavy atom. The third-order valence-corrected chi connectivity index (χ3v) is 12.9. The monoisotopic (exact) mass is 1080 g/mol. The van der Waals surface area contributed by atoms with Crippen LogP contribution in [0, 0.1) is 23.7 Å². The Bertz CT molecular complexity index is 2660. The maximum atomic E-state index is 13.7. The molecule has 0 N–H and O–H groups in total. The molecule has 2 aliphatic carbocycles. The zero-order valence-corrected chi connectivity index (χ0v) is 44.9. The lowest BCUT2D eigenvalue weighted by atomic mass is 9.82. The Labute approximate surface area is 455 Å². The van der Waals surface area contributed by atoms with Crippen molar-refractivity contribution in [2.24, 2.45) is 23.7 Å². The molecule has 0 radical (unpaired) electrons. The van der Waals surface area contributed by atoms with E-state index in [0.717, 1.165) is 25.0 Å². The highest BCUT2D eigenvalue weighted by molar-refractivity contribution is 5.97. The maximum absolute atomic E-state index is 13.7. The molecule has 1 fully saturated rings. The van der Waals surface area contributed by atoms with Crippen LogP contribution in [0.1, 0.15) is 136 Å². The van der Waals surface area contributed by atoms with Crippen molar-refractivity contribution >= 4 is 47.8 Å². The van der Waals surface area contributed by atoms with Crippen molar-refractivity contribution in [3.05, 3.63) is 126 Å². The van der Waals surface area contributed by atoms with Crippen molar-refractivity contribution in [2.75, 3.05) is 39.6 Å². The Morgan fingerprint density at radius 1 is 0.513 bits per heavy atom. The molecule has 2 atom stereocenters. The van der Waals surface area contributed by atoms with Gasteiger partial charge in [0.15, 0.2) is 0 Å². The zero-order chi connectivity index (χ0) is 56.4. The average molecular weight is 1080 g/mol. The number of esters is 8. The Kier molecular flexibility index (Phi) is 24.9. The van der Waals surface area contributed by atoms with Crippen molar-refractivity contribution in [1.82, 2.24) is 0 Å². The molecule has 1 saturated carbocycles. The normalized spacial score (nSPS) is 15.5. The van der Waals surface area contributed by atoms with Crippen LogP contribution in [-0.4, -0.2) is 87.4 Å². The van der Waals surface area contributed by atoms with Gasteiger partial charge >= 0.3 is 47.8 Å². The Hall–Kier alpha value is -8.02. The smallest absolute Gasteiger partial charge is 0.343 e. The van der Waals surface area contributed by atoms with Gasteiger partial charge in [0.1, 0.15) is 39.9 Å². The SMILES string of the molecule is C=CC(=O)OCCCCOC1=CC=C(C(=O)Oc2ccc(OC(=O)C3CCC(C(=O)Oc4ccc(OC(=O)c5ccc(OCCCCOC(=O)C=C)cc5)cc4C(=O)OCC(C)CC)CC3)c(C(=O)OCC(C)CC)c2)CC1. The zero-order valence-electron chi connectivity index (χ0n) is 44.9. The quantitative estimate of drug-likeness (QED) is 0.0199. The second-order valence-electron chi connectivity index (χ2n) is 18.9. The van der Waals surface area contributed by atoms with E-state index < -0.39 is 59.6 Å². The number of carbonyl (C=O) groups is 8. The second kappa shape index (κ2) is 31.9. The van der Waals surface area contributed by atoms with E-state index >= 15 is 0 Å². The van der Waals surface area contributed by atoms with E-state index in [1.165, 1.54) is 48.5 Å². The van der Waals surface area contributed by atoms with E-state index in [0.29, 0.717) is 68.8 Å². The summed E-state index contributed by atoms with van der Waals surface area (Å²) in [7, 11) is 0. The third kappa shape index (κ3) is 19.8. The van der Waals surface area contributed by atoms with Gasteiger partial charge in [0, 0.05) is 24.1 Å². The summed E-state index contributed by atoms with van der Waals surface area (Å²) in [5, 5.41) is 0. The molecule has 0 heterocycles. The van der Waals surface area contributed by atoms with E-state index in [2.05, 4.69) is 13.2 Å². The highest BCUT2D eigenvalue weighted by atomic mass is 16.6. The summed E-state index contributed by atoms with van der Waals surface area (Å²) in [6, 6.07) is 14.4. The van der Waals surface area contributed by atoms with Gasteiger partial charge in [-0.2, -0.15) is 0 Å². The molecule has 0 aliphatic heterocycles. The molecule has 0 aromatic heterocycles. The first-order valence-corrected chi connectivity index (χ1v) is 26.4. The summed E-state index contributed by atoms with van der Waals surface area (Å²) < 4.78 is 55.5. The van der Waals surface area contributed by atoms with Crippen LogP contribution >= 0.6 is 0 Å². The standard InChI is InChI=1S/C60H70O18/c1-7-39(5)37-73-59(67)49-35-47(75-55(63)43-19-23-45(24-20-43)69-31-11-13-33-71-53(61)9-3)27-29-51(49)77-57(65)41-15-17-42(18-16-41)58(66)78-52-30-28-48(36-50(52)60(68)74-38-40(6)8-2)76-56(64)44-21-25-46(26-22-44)70-32-12-14-34-72-54(62)10-4/h9-10,19-21,23-25,27-30,35-36,39-42H,3-4,7-8,11-18,22,26,31-34,37-38H2,1-2,5-6H3. The van der Waals surface area contributed by atoms with E-state index in [1.54, 1.807) is 24.3 Å². The summed E-state index contributed by atoms with van der Waals surface area (Å²) in [4.78, 5) is 103. The van der Waals surface area contributed by atoms with Gasteiger partial charge in [-0.05, 0) is 142 Å². The van der Waals surface area contributed by atoms with E-state index in [-0.39, 0.29) is 104 Å². The van der Waals surface area contributed by atoms with Crippen LogP contribution in [0.2, 0.25) is 0 Å². The first-order chi connectivity index (χ1) is 37.6. The largest absolute Gasteiger partial charge is 0.498 e. The lowest BCUT2D eigenvalue weighted by Crippen LogP contribution is -2.31. The minimum absolute atomic E-state index is 0.00133. The van der Waals surface area contributed by atoms with Gasteiger partial charge in [0.05, 0.1) is 62.8 Å². The fraction of sp³-hybridized carbons (Fsp3) is 0.433. The van der Waals surface area contributed by atoms with Gasteiger partial charge in [-0.15, -0.1) is 0 Å². The van der Waals surface area contributed by atoms with Crippen LogP contribution in [0.25, 0.3) is 0 Å². The molecule has 2 unspecified atom stereocenters. The summed E-state index contributed by atoms with van der Waals surface area (Å²) >= 11 is 0. The number of hydrogen-bond donors (Lipinski definition) is 0. The molecule has 0 spiro atoms. The number of rotatable bonds is 30. The number of carbonyl (C=O) groups excluding carboxylic acids is 8. The maximum Gasteiger partial charge on any atom is 0.343 e.